The van der Waals surface area contributed by atoms with Crippen LogP contribution < -0.4 is 5.32 Å². The van der Waals surface area contributed by atoms with E-state index in [1.54, 1.807) is 0 Å². The molecule has 8 nitrogen and oxygen atoms in total. The van der Waals surface area contributed by atoms with Gasteiger partial charge in [0.15, 0.2) is 5.82 Å². The van der Waals surface area contributed by atoms with Gasteiger partial charge in [-0.05, 0) is 33.1 Å². The van der Waals surface area contributed by atoms with Crippen LogP contribution in [0.3, 0.4) is 0 Å². The lowest BCUT2D eigenvalue weighted by atomic mass is 9.97. The number of piperidine rings is 1. The molecule has 142 valence electrons. The van der Waals surface area contributed by atoms with Crippen molar-refractivity contribution >= 4 is 6.03 Å². The molecule has 0 unspecified atom stereocenters. The van der Waals surface area contributed by atoms with Gasteiger partial charge in [-0.25, -0.2) is 4.79 Å². The minimum Gasteiger partial charge on any atom is -0.339 e. The Morgan fingerprint density at radius 2 is 2.12 bits per heavy atom. The minimum absolute atomic E-state index is 0.0223. The molecule has 0 spiro atoms. The first kappa shape index (κ1) is 18.4. The van der Waals surface area contributed by atoms with E-state index >= 15 is 0 Å². The molecule has 0 aliphatic carbocycles. The third-order valence-electron chi connectivity index (χ3n) is 4.89. The van der Waals surface area contributed by atoms with Crippen LogP contribution in [0.5, 0.6) is 0 Å². The molecule has 1 N–H and O–H groups in total. The van der Waals surface area contributed by atoms with Gasteiger partial charge in [-0.3, -0.25) is 4.68 Å². The molecular formula is C18H28N6O2. The predicted octanol–water partition coefficient (Wildman–Crippen LogP) is 2.77. The van der Waals surface area contributed by atoms with E-state index in [4.69, 9.17) is 4.52 Å². The van der Waals surface area contributed by atoms with E-state index in [0.717, 1.165) is 43.5 Å². The number of nitrogens with one attached hydrogen (secondary N) is 1. The SMILES string of the molecule is CCCCn1cc(CNC(=O)N2CCC(c3nc(C)no3)CC2)c(C)n1. The second-order valence-electron chi connectivity index (χ2n) is 6.96. The molecule has 0 atom stereocenters. The summed E-state index contributed by atoms with van der Waals surface area (Å²) in [6.07, 6.45) is 5.99. The zero-order valence-electron chi connectivity index (χ0n) is 15.9. The van der Waals surface area contributed by atoms with Gasteiger partial charge in [-0.2, -0.15) is 10.1 Å². The van der Waals surface area contributed by atoms with Crippen molar-refractivity contribution in [2.24, 2.45) is 0 Å². The third kappa shape index (κ3) is 4.42. The fourth-order valence-electron chi connectivity index (χ4n) is 3.26. The van der Waals surface area contributed by atoms with Crippen molar-refractivity contribution in [2.45, 2.75) is 65.5 Å². The van der Waals surface area contributed by atoms with Gasteiger partial charge in [0, 0.05) is 43.9 Å². The number of likely N-dealkylation sites (tertiary alicyclic amines) is 1. The summed E-state index contributed by atoms with van der Waals surface area (Å²) in [5.41, 5.74) is 2.05. The molecule has 8 heteroatoms. The molecule has 3 heterocycles. The van der Waals surface area contributed by atoms with Crippen LogP contribution in [0.25, 0.3) is 0 Å². The van der Waals surface area contributed by atoms with Gasteiger partial charge in [0.25, 0.3) is 0 Å². The maximum Gasteiger partial charge on any atom is 0.317 e. The van der Waals surface area contributed by atoms with Crippen LogP contribution in [0.1, 0.15) is 61.5 Å². The van der Waals surface area contributed by atoms with Crippen LogP contribution in [0.2, 0.25) is 0 Å². The minimum atomic E-state index is -0.0223. The first-order valence-electron chi connectivity index (χ1n) is 9.42. The number of unbranched alkanes of at least 4 members (excludes halogenated alkanes) is 1. The summed E-state index contributed by atoms with van der Waals surface area (Å²) in [6, 6.07) is -0.0223. The fraction of sp³-hybridized carbons (Fsp3) is 0.667. The van der Waals surface area contributed by atoms with Gasteiger partial charge in [-0.1, -0.05) is 18.5 Å². The van der Waals surface area contributed by atoms with Gasteiger partial charge in [0.1, 0.15) is 0 Å². The van der Waals surface area contributed by atoms with E-state index in [9.17, 15) is 4.79 Å². The summed E-state index contributed by atoms with van der Waals surface area (Å²) in [4.78, 5) is 18.6. The van der Waals surface area contributed by atoms with Crippen molar-refractivity contribution < 1.29 is 9.32 Å². The molecule has 0 bridgehead atoms. The highest BCUT2D eigenvalue weighted by molar-refractivity contribution is 5.74. The van der Waals surface area contributed by atoms with Gasteiger partial charge in [0.05, 0.1) is 5.69 Å². The highest BCUT2D eigenvalue weighted by atomic mass is 16.5. The first-order chi connectivity index (χ1) is 12.6. The monoisotopic (exact) mass is 360 g/mol. The number of aromatic nitrogens is 4. The number of carbonyl (C=O) groups is 1. The molecule has 1 aliphatic rings. The Balaban J connectivity index is 1.46. The number of nitrogens with zero attached hydrogens (tertiary/aromatic N) is 5. The van der Waals surface area contributed by atoms with Crippen molar-refractivity contribution in [2.75, 3.05) is 13.1 Å². The number of aryl methyl sites for hydroxylation is 3. The number of carbonyl (C=O) groups excluding carboxylic acids is 1. The van der Waals surface area contributed by atoms with Gasteiger partial charge in [-0.15, -0.1) is 0 Å². The summed E-state index contributed by atoms with van der Waals surface area (Å²) < 4.78 is 7.23. The van der Waals surface area contributed by atoms with Gasteiger partial charge < -0.3 is 14.7 Å². The van der Waals surface area contributed by atoms with Crippen molar-refractivity contribution in [3.8, 4) is 0 Å². The van der Waals surface area contributed by atoms with Crippen molar-refractivity contribution in [1.29, 1.82) is 0 Å². The lowest BCUT2D eigenvalue weighted by Gasteiger charge is -2.30. The number of amides is 2. The van der Waals surface area contributed by atoms with Crippen molar-refractivity contribution in [3.63, 3.8) is 0 Å². The number of hydrogen-bond acceptors (Lipinski definition) is 5. The number of urea groups is 1. The lowest BCUT2D eigenvalue weighted by Crippen LogP contribution is -2.43. The van der Waals surface area contributed by atoms with Crippen LogP contribution in [-0.4, -0.2) is 43.9 Å². The molecule has 1 aliphatic heterocycles. The molecule has 2 amide bonds. The quantitative estimate of drug-likeness (QED) is 0.855. The largest absolute Gasteiger partial charge is 0.339 e. The maximum atomic E-state index is 12.4. The second-order valence-corrected chi connectivity index (χ2v) is 6.96. The molecule has 2 aromatic rings. The Morgan fingerprint density at radius 1 is 1.35 bits per heavy atom. The molecule has 26 heavy (non-hydrogen) atoms. The van der Waals surface area contributed by atoms with Gasteiger partial charge >= 0.3 is 6.03 Å². The van der Waals surface area contributed by atoms with Crippen LogP contribution >= 0.6 is 0 Å². The van der Waals surface area contributed by atoms with E-state index in [2.05, 4.69) is 27.5 Å². The molecule has 1 saturated heterocycles. The molecule has 0 aromatic carbocycles. The van der Waals surface area contributed by atoms with E-state index in [1.165, 1.54) is 0 Å². The highest BCUT2D eigenvalue weighted by Crippen LogP contribution is 2.26. The molecule has 2 aromatic heterocycles. The third-order valence-corrected chi connectivity index (χ3v) is 4.89. The smallest absolute Gasteiger partial charge is 0.317 e. The van der Waals surface area contributed by atoms with Gasteiger partial charge in [0.2, 0.25) is 5.89 Å². The lowest BCUT2D eigenvalue weighted by molar-refractivity contribution is 0.175. The Labute approximate surface area is 153 Å². The molecule has 0 radical (unpaired) electrons. The standard InChI is InChI=1S/C18H28N6O2/c1-4-5-8-24-12-16(13(2)21-24)11-19-18(25)23-9-6-15(7-10-23)17-20-14(3)22-26-17/h12,15H,4-11H2,1-3H3,(H,19,25). The summed E-state index contributed by atoms with van der Waals surface area (Å²) in [5.74, 6) is 1.60. The van der Waals surface area contributed by atoms with Crippen LogP contribution in [0.15, 0.2) is 10.7 Å². The highest BCUT2D eigenvalue weighted by Gasteiger charge is 2.27. The predicted molar refractivity (Wildman–Crippen MR) is 96.7 cm³/mol. The summed E-state index contributed by atoms with van der Waals surface area (Å²) in [5, 5.41) is 11.4. The van der Waals surface area contributed by atoms with Crippen LogP contribution in [0, 0.1) is 13.8 Å². The average molecular weight is 360 g/mol. The fourth-order valence-corrected chi connectivity index (χ4v) is 3.26. The molecule has 3 rings (SSSR count). The Morgan fingerprint density at radius 3 is 2.77 bits per heavy atom. The van der Waals surface area contributed by atoms with Crippen molar-refractivity contribution in [1.82, 2.24) is 30.1 Å². The van der Waals surface area contributed by atoms with Crippen LogP contribution in [-0.2, 0) is 13.1 Å². The normalized spacial score (nSPS) is 15.4. The van der Waals surface area contributed by atoms with E-state index < -0.39 is 0 Å². The number of hydrogen-bond donors (Lipinski definition) is 1. The molecule has 1 fully saturated rings. The number of rotatable bonds is 6. The average Bonchev–Trinajstić information content (AvgIpc) is 3.23. The van der Waals surface area contributed by atoms with E-state index in [1.807, 2.05) is 29.6 Å². The van der Waals surface area contributed by atoms with E-state index in [0.29, 0.717) is 31.3 Å². The molecule has 0 saturated carbocycles. The van der Waals surface area contributed by atoms with Crippen LogP contribution in [0.4, 0.5) is 4.79 Å². The zero-order valence-corrected chi connectivity index (χ0v) is 15.9. The Hall–Kier alpha value is -2.38. The first-order valence-corrected chi connectivity index (χ1v) is 9.42. The summed E-state index contributed by atoms with van der Waals surface area (Å²) >= 11 is 0. The maximum absolute atomic E-state index is 12.4. The summed E-state index contributed by atoms with van der Waals surface area (Å²) in [6.45, 7) is 8.82. The van der Waals surface area contributed by atoms with Crippen molar-refractivity contribution in [3.05, 3.63) is 29.2 Å². The zero-order chi connectivity index (χ0) is 18.5. The Bertz CT molecular complexity index is 730. The topological polar surface area (TPSA) is 89.1 Å². The Kier molecular flexibility index (Phi) is 5.90. The summed E-state index contributed by atoms with van der Waals surface area (Å²) in [7, 11) is 0. The molecular weight excluding hydrogens is 332 g/mol. The second kappa shape index (κ2) is 8.33. The van der Waals surface area contributed by atoms with E-state index in [-0.39, 0.29) is 11.9 Å².